The van der Waals surface area contributed by atoms with Crippen molar-refractivity contribution in [3.63, 3.8) is 0 Å². The van der Waals surface area contributed by atoms with E-state index >= 15 is 0 Å². The van der Waals surface area contributed by atoms with Gasteiger partial charge >= 0.3 is 0 Å². The van der Waals surface area contributed by atoms with Crippen LogP contribution in [0, 0.1) is 0 Å². The summed E-state index contributed by atoms with van der Waals surface area (Å²) >= 11 is 0. The SMILES string of the molecule is NC(=O)c1ccc(C(=O)NC2CCN(Cc3ccccc3)CC2)cn1. The molecule has 1 fully saturated rings. The third-order valence-electron chi connectivity index (χ3n) is 4.45. The number of piperidine rings is 1. The minimum atomic E-state index is -0.599. The molecule has 0 atom stereocenters. The second-order valence-electron chi connectivity index (χ2n) is 6.31. The van der Waals surface area contributed by atoms with Gasteiger partial charge < -0.3 is 11.1 Å². The second-order valence-corrected chi connectivity index (χ2v) is 6.31. The molecule has 3 rings (SSSR count). The lowest BCUT2D eigenvalue weighted by molar-refractivity contribution is 0.0906. The van der Waals surface area contributed by atoms with Crippen LogP contribution in [-0.2, 0) is 6.54 Å². The van der Waals surface area contributed by atoms with Crippen LogP contribution < -0.4 is 11.1 Å². The Morgan fingerprint density at radius 2 is 1.84 bits per heavy atom. The number of amides is 2. The topological polar surface area (TPSA) is 88.3 Å². The van der Waals surface area contributed by atoms with Crippen molar-refractivity contribution in [2.75, 3.05) is 13.1 Å². The number of rotatable bonds is 5. The van der Waals surface area contributed by atoms with Crippen LogP contribution in [-0.4, -0.2) is 40.8 Å². The first kappa shape index (κ1) is 17.1. The fraction of sp³-hybridized carbons (Fsp3) is 0.316. The largest absolute Gasteiger partial charge is 0.364 e. The first-order valence-electron chi connectivity index (χ1n) is 8.45. The molecule has 1 aromatic heterocycles. The Morgan fingerprint density at radius 1 is 1.12 bits per heavy atom. The maximum atomic E-state index is 12.3. The van der Waals surface area contributed by atoms with E-state index in [4.69, 9.17) is 5.73 Å². The Hall–Kier alpha value is -2.73. The number of carbonyl (C=O) groups excluding carboxylic acids is 2. The van der Waals surface area contributed by atoms with Crippen molar-refractivity contribution in [1.82, 2.24) is 15.2 Å². The van der Waals surface area contributed by atoms with Crippen LogP contribution in [0.5, 0.6) is 0 Å². The molecule has 1 aliphatic rings. The van der Waals surface area contributed by atoms with Gasteiger partial charge in [0.15, 0.2) is 0 Å². The Balaban J connectivity index is 1.48. The van der Waals surface area contributed by atoms with Gasteiger partial charge in [-0.15, -0.1) is 0 Å². The third-order valence-corrected chi connectivity index (χ3v) is 4.45. The Bertz CT molecular complexity index is 723. The van der Waals surface area contributed by atoms with E-state index in [1.165, 1.54) is 17.8 Å². The van der Waals surface area contributed by atoms with Gasteiger partial charge in [0.05, 0.1) is 5.56 Å². The molecule has 0 radical (unpaired) electrons. The highest BCUT2D eigenvalue weighted by Gasteiger charge is 2.21. The molecule has 2 aromatic rings. The van der Waals surface area contributed by atoms with Gasteiger partial charge in [0.1, 0.15) is 5.69 Å². The molecule has 0 bridgehead atoms. The summed E-state index contributed by atoms with van der Waals surface area (Å²) in [4.78, 5) is 29.6. The van der Waals surface area contributed by atoms with Crippen molar-refractivity contribution in [3.05, 3.63) is 65.5 Å². The summed E-state index contributed by atoms with van der Waals surface area (Å²) in [7, 11) is 0. The van der Waals surface area contributed by atoms with E-state index in [2.05, 4.69) is 39.5 Å². The van der Waals surface area contributed by atoms with E-state index in [1.54, 1.807) is 6.07 Å². The minimum Gasteiger partial charge on any atom is -0.364 e. The molecule has 6 heteroatoms. The number of carbonyl (C=O) groups is 2. The van der Waals surface area contributed by atoms with Crippen LogP contribution in [0.3, 0.4) is 0 Å². The maximum Gasteiger partial charge on any atom is 0.267 e. The monoisotopic (exact) mass is 338 g/mol. The van der Waals surface area contributed by atoms with Crippen molar-refractivity contribution < 1.29 is 9.59 Å². The normalized spacial score (nSPS) is 15.7. The Morgan fingerprint density at radius 3 is 2.44 bits per heavy atom. The molecule has 2 heterocycles. The Kier molecular flexibility index (Phi) is 5.40. The van der Waals surface area contributed by atoms with Crippen molar-refractivity contribution in [2.24, 2.45) is 5.73 Å². The summed E-state index contributed by atoms with van der Waals surface area (Å²) in [6.07, 6.45) is 3.23. The first-order chi connectivity index (χ1) is 12.1. The van der Waals surface area contributed by atoms with Crippen LogP contribution in [0.1, 0.15) is 39.3 Å². The van der Waals surface area contributed by atoms with Crippen LogP contribution in [0.25, 0.3) is 0 Å². The van der Waals surface area contributed by atoms with E-state index < -0.39 is 5.91 Å². The molecule has 0 saturated carbocycles. The van der Waals surface area contributed by atoms with E-state index in [1.807, 2.05) is 6.07 Å². The molecule has 0 spiro atoms. The van der Waals surface area contributed by atoms with Gasteiger partial charge in [0, 0.05) is 31.9 Å². The summed E-state index contributed by atoms with van der Waals surface area (Å²) in [5.41, 5.74) is 7.06. The number of likely N-dealkylation sites (tertiary alicyclic amines) is 1. The predicted octanol–water partition coefficient (Wildman–Crippen LogP) is 1.57. The second kappa shape index (κ2) is 7.90. The summed E-state index contributed by atoms with van der Waals surface area (Å²) in [6, 6.07) is 13.6. The summed E-state index contributed by atoms with van der Waals surface area (Å²) < 4.78 is 0. The predicted molar refractivity (Wildman–Crippen MR) is 95.0 cm³/mol. The van der Waals surface area contributed by atoms with Crippen LogP contribution in [0.15, 0.2) is 48.7 Å². The van der Waals surface area contributed by atoms with E-state index in [-0.39, 0.29) is 17.6 Å². The lowest BCUT2D eigenvalue weighted by Crippen LogP contribution is -2.44. The van der Waals surface area contributed by atoms with Crippen molar-refractivity contribution in [3.8, 4) is 0 Å². The summed E-state index contributed by atoms with van der Waals surface area (Å²) in [6.45, 7) is 2.86. The molecular weight excluding hydrogens is 316 g/mol. The third kappa shape index (κ3) is 4.64. The molecule has 2 amide bonds. The molecule has 1 saturated heterocycles. The van der Waals surface area contributed by atoms with Crippen molar-refractivity contribution in [2.45, 2.75) is 25.4 Å². The number of pyridine rings is 1. The zero-order valence-corrected chi connectivity index (χ0v) is 14.0. The number of benzene rings is 1. The first-order valence-corrected chi connectivity index (χ1v) is 8.45. The fourth-order valence-electron chi connectivity index (χ4n) is 3.02. The van der Waals surface area contributed by atoms with Gasteiger partial charge in [-0.1, -0.05) is 30.3 Å². The molecule has 3 N–H and O–H groups in total. The van der Waals surface area contributed by atoms with Crippen molar-refractivity contribution in [1.29, 1.82) is 0 Å². The molecule has 1 aliphatic heterocycles. The quantitative estimate of drug-likeness (QED) is 0.866. The number of aromatic nitrogens is 1. The zero-order valence-electron chi connectivity index (χ0n) is 14.0. The molecule has 25 heavy (non-hydrogen) atoms. The van der Waals surface area contributed by atoms with Gasteiger partial charge in [-0.25, -0.2) is 0 Å². The minimum absolute atomic E-state index is 0.158. The van der Waals surface area contributed by atoms with Crippen LogP contribution in [0.2, 0.25) is 0 Å². The van der Waals surface area contributed by atoms with E-state index in [0.29, 0.717) is 5.56 Å². The molecule has 1 aromatic carbocycles. The average Bonchev–Trinajstić information content (AvgIpc) is 2.64. The Labute approximate surface area is 147 Å². The summed E-state index contributed by atoms with van der Waals surface area (Å²) in [5, 5.41) is 3.05. The number of hydrogen-bond acceptors (Lipinski definition) is 4. The molecule has 0 aliphatic carbocycles. The van der Waals surface area contributed by atoms with E-state index in [0.717, 1.165) is 32.5 Å². The number of nitrogens with one attached hydrogen (secondary N) is 1. The van der Waals surface area contributed by atoms with Gasteiger partial charge in [0.25, 0.3) is 11.8 Å². The number of nitrogens with zero attached hydrogens (tertiary/aromatic N) is 2. The summed E-state index contributed by atoms with van der Waals surface area (Å²) in [5.74, 6) is -0.761. The highest BCUT2D eigenvalue weighted by Crippen LogP contribution is 2.14. The lowest BCUT2D eigenvalue weighted by Gasteiger charge is -2.32. The standard InChI is InChI=1S/C19H22N4O2/c20-18(24)17-7-6-15(12-21-17)19(25)22-16-8-10-23(11-9-16)13-14-4-2-1-3-5-14/h1-7,12,16H,8-11,13H2,(H2,20,24)(H,22,25). The van der Waals surface area contributed by atoms with Crippen molar-refractivity contribution >= 4 is 11.8 Å². The zero-order chi connectivity index (χ0) is 17.6. The van der Waals surface area contributed by atoms with Gasteiger partial charge in [0.2, 0.25) is 0 Å². The number of nitrogens with two attached hydrogens (primary N) is 1. The molecule has 6 nitrogen and oxygen atoms in total. The highest BCUT2D eigenvalue weighted by molar-refractivity contribution is 5.95. The van der Waals surface area contributed by atoms with Gasteiger partial charge in [-0.3, -0.25) is 19.5 Å². The van der Waals surface area contributed by atoms with Crippen LogP contribution in [0.4, 0.5) is 0 Å². The fourth-order valence-corrected chi connectivity index (χ4v) is 3.02. The van der Waals surface area contributed by atoms with E-state index in [9.17, 15) is 9.59 Å². The van der Waals surface area contributed by atoms with Gasteiger partial charge in [-0.2, -0.15) is 0 Å². The smallest absolute Gasteiger partial charge is 0.267 e. The number of hydrogen-bond donors (Lipinski definition) is 2. The molecular formula is C19H22N4O2. The average molecular weight is 338 g/mol. The lowest BCUT2D eigenvalue weighted by atomic mass is 10.0. The number of primary amides is 1. The molecule has 130 valence electrons. The van der Waals surface area contributed by atoms with Gasteiger partial charge in [-0.05, 0) is 30.5 Å². The highest BCUT2D eigenvalue weighted by atomic mass is 16.2. The van der Waals surface area contributed by atoms with Crippen LogP contribution >= 0.6 is 0 Å². The maximum absolute atomic E-state index is 12.3. The molecule has 0 unspecified atom stereocenters.